The van der Waals surface area contributed by atoms with Gasteiger partial charge in [0.2, 0.25) is 0 Å². The highest BCUT2D eigenvalue weighted by atomic mass is 35.5. The zero-order chi connectivity index (χ0) is 24.6. The zero-order valence-corrected chi connectivity index (χ0v) is 18.8. The van der Waals surface area contributed by atoms with E-state index in [1.165, 1.54) is 62.8 Å². The van der Waals surface area contributed by atoms with Crippen LogP contribution >= 0.6 is 11.6 Å². The van der Waals surface area contributed by atoms with Crippen LogP contribution in [0.1, 0.15) is 17.2 Å². The number of Topliss-reactive ketones (excluding diaryl/α,β-unsaturated/α-hetero) is 1. The first-order valence-electron chi connectivity index (χ1n) is 10.0. The molecule has 1 heterocycles. The van der Waals surface area contributed by atoms with E-state index in [9.17, 15) is 23.5 Å². The normalized spacial score (nSPS) is 17.2. The number of anilines is 1. The molecule has 0 saturated carbocycles. The summed E-state index contributed by atoms with van der Waals surface area (Å²) in [6.45, 7) is 0. The highest BCUT2D eigenvalue weighted by Crippen LogP contribution is 2.45. The highest BCUT2D eigenvalue weighted by molar-refractivity contribution is 6.52. The third-order valence-corrected chi connectivity index (χ3v) is 5.77. The van der Waals surface area contributed by atoms with Crippen molar-refractivity contribution in [3.8, 4) is 11.5 Å². The average molecular weight is 486 g/mol. The number of ether oxygens (including phenoxy) is 2. The smallest absolute Gasteiger partial charge is 0.300 e. The van der Waals surface area contributed by atoms with Gasteiger partial charge in [0, 0.05) is 11.3 Å². The predicted octanol–water partition coefficient (Wildman–Crippen LogP) is 5.26. The van der Waals surface area contributed by atoms with Gasteiger partial charge in [-0.3, -0.25) is 14.5 Å². The maximum absolute atomic E-state index is 14.9. The quantitative estimate of drug-likeness (QED) is 0.303. The lowest BCUT2D eigenvalue weighted by molar-refractivity contribution is -0.132. The zero-order valence-electron chi connectivity index (χ0n) is 18.0. The Hall–Kier alpha value is -3.91. The number of carbonyl (C=O) groups is 2. The summed E-state index contributed by atoms with van der Waals surface area (Å²) in [6, 6.07) is 11.9. The summed E-state index contributed by atoms with van der Waals surface area (Å²) >= 11 is 6.23. The summed E-state index contributed by atoms with van der Waals surface area (Å²) in [7, 11) is 2.72. The Morgan fingerprint density at radius 2 is 1.65 bits per heavy atom. The van der Waals surface area contributed by atoms with Gasteiger partial charge in [-0.05, 0) is 42.5 Å². The first-order valence-corrected chi connectivity index (χ1v) is 10.4. The second-order valence-electron chi connectivity index (χ2n) is 7.35. The van der Waals surface area contributed by atoms with Gasteiger partial charge in [-0.25, -0.2) is 8.78 Å². The topological polar surface area (TPSA) is 76.1 Å². The lowest BCUT2D eigenvalue weighted by atomic mass is 9.94. The molecule has 9 heteroatoms. The summed E-state index contributed by atoms with van der Waals surface area (Å²) in [5.41, 5.74) is -0.461. The van der Waals surface area contributed by atoms with E-state index in [4.69, 9.17) is 21.1 Å². The molecule has 6 nitrogen and oxygen atoms in total. The molecular formula is C25H18ClF2NO5. The molecule has 0 aliphatic carbocycles. The molecule has 4 rings (SSSR count). The summed E-state index contributed by atoms with van der Waals surface area (Å²) in [5, 5.41) is 11.3. The monoisotopic (exact) mass is 485 g/mol. The first-order chi connectivity index (χ1) is 16.3. The van der Waals surface area contributed by atoms with Crippen LogP contribution in [0, 0.1) is 11.6 Å². The summed E-state index contributed by atoms with van der Waals surface area (Å²) in [4.78, 5) is 27.4. The number of ketones is 1. The van der Waals surface area contributed by atoms with Gasteiger partial charge in [-0.1, -0.05) is 29.8 Å². The largest absolute Gasteiger partial charge is 0.507 e. The van der Waals surface area contributed by atoms with Gasteiger partial charge in [0.1, 0.15) is 28.9 Å². The van der Waals surface area contributed by atoms with E-state index in [-0.39, 0.29) is 27.6 Å². The molecule has 0 radical (unpaired) electrons. The number of hydrogen-bond donors (Lipinski definition) is 1. The molecular weight excluding hydrogens is 468 g/mol. The summed E-state index contributed by atoms with van der Waals surface area (Å²) in [5.74, 6) is -3.84. The van der Waals surface area contributed by atoms with Crippen LogP contribution in [-0.4, -0.2) is 31.0 Å². The van der Waals surface area contributed by atoms with E-state index < -0.39 is 40.7 Å². The van der Waals surface area contributed by atoms with Gasteiger partial charge < -0.3 is 14.6 Å². The number of benzene rings is 3. The van der Waals surface area contributed by atoms with Crippen LogP contribution in [0.5, 0.6) is 11.5 Å². The standard InChI is InChI=1S/C25H18ClF2NO5/c1-33-19-9-7-13(27)11-16(19)23(30)21-22(15-5-3-4-6-18(15)28)29(25(32)24(21)31)14-8-10-20(34-2)17(26)12-14/h3-12,22,30H,1-2H3/b23-21+. The number of halogens is 3. The Bertz CT molecular complexity index is 1340. The average Bonchev–Trinajstić information content (AvgIpc) is 3.09. The number of methoxy groups -OCH3 is 2. The predicted molar refractivity (Wildman–Crippen MR) is 122 cm³/mol. The lowest BCUT2D eigenvalue weighted by Gasteiger charge is -2.26. The minimum atomic E-state index is -1.36. The minimum absolute atomic E-state index is 0.0504. The maximum atomic E-state index is 14.9. The van der Waals surface area contributed by atoms with Crippen LogP contribution < -0.4 is 14.4 Å². The van der Waals surface area contributed by atoms with Crippen LogP contribution in [0.2, 0.25) is 5.02 Å². The van der Waals surface area contributed by atoms with Gasteiger partial charge in [-0.2, -0.15) is 0 Å². The van der Waals surface area contributed by atoms with Crippen molar-refractivity contribution in [2.75, 3.05) is 19.1 Å². The van der Waals surface area contributed by atoms with E-state index in [1.807, 2.05) is 0 Å². The number of hydrogen-bond acceptors (Lipinski definition) is 5. The van der Waals surface area contributed by atoms with Crippen LogP contribution in [0.15, 0.2) is 66.2 Å². The van der Waals surface area contributed by atoms with Crippen molar-refractivity contribution in [3.05, 3.63) is 94.0 Å². The molecule has 174 valence electrons. The van der Waals surface area contributed by atoms with Crippen molar-refractivity contribution < 1.29 is 33.0 Å². The molecule has 1 fully saturated rings. The number of aliphatic hydroxyl groups is 1. The second kappa shape index (κ2) is 9.15. The van der Waals surface area contributed by atoms with Crippen molar-refractivity contribution in [2.24, 2.45) is 0 Å². The Balaban J connectivity index is 2.00. The molecule has 1 aliphatic heterocycles. The molecule has 3 aromatic carbocycles. The number of rotatable bonds is 5. The van der Waals surface area contributed by atoms with Gasteiger partial charge in [0.05, 0.1) is 36.4 Å². The van der Waals surface area contributed by atoms with Gasteiger partial charge in [-0.15, -0.1) is 0 Å². The number of carbonyl (C=O) groups excluding carboxylic acids is 2. The molecule has 34 heavy (non-hydrogen) atoms. The van der Waals surface area contributed by atoms with Gasteiger partial charge in [0.15, 0.2) is 0 Å². The minimum Gasteiger partial charge on any atom is -0.507 e. The van der Waals surface area contributed by atoms with E-state index in [1.54, 1.807) is 0 Å². The fourth-order valence-corrected chi connectivity index (χ4v) is 4.16. The third kappa shape index (κ3) is 3.86. The number of aliphatic hydroxyl groups excluding tert-OH is 1. The van der Waals surface area contributed by atoms with Crippen molar-refractivity contribution in [1.29, 1.82) is 0 Å². The molecule has 3 aromatic rings. The number of nitrogens with zero attached hydrogens (tertiary/aromatic N) is 1. The van der Waals surface area contributed by atoms with Crippen LogP contribution in [-0.2, 0) is 9.59 Å². The Morgan fingerprint density at radius 1 is 0.971 bits per heavy atom. The second-order valence-corrected chi connectivity index (χ2v) is 7.76. The molecule has 1 amide bonds. The van der Waals surface area contributed by atoms with E-state index in [2.05, 4.69) is 0 Å². The molecule has 1 saturated heterocycles. The Labute approximate surface area is 198 Å². The Morgan fingerprint density at radius 3 is 2.29 bits per heavy atom. The van der Waals surface area contributed by atoms with Gasteiger partial charge >= 0.3 is 0 Å². The van der Waals surface area contributed by atoms with Crippen molar-refractivity contribution in [3.63, 3.8) is 0 Å². The third-order valence-electron chi connectivity index (χ3n) is 5.47. The fraction of sp³-hybridized carbons (Fsp3) is 0.120. The summed E-state index contributed by atoms with van der Waals surface area (Å²) < 4.78 is 39.3. The van der Waals surface area contributed by atoms with E-state index in [0.29, 0.717) is 5.75 Å². The maximum Gasteiger partial charge on any atom is 0.300 e. The SMILES string of the molecule is COc1ccc(N2C(=O)C(=O)/C(=C(/O)c3cc(F)ccc3OC)C2c2ccccc2F)cc1Cl. The van der Waals surface area contributed by atoms with Crippen LogP contribution in [0.3, 0.4) is 0 Å². The molecule has 0 bridgehead atoms. The van der Waals surface area contributed by atoms with Crippen molar-refractivity contribution in [1.82, 2.24) is 0 Å². The molecule has 1 aliphatic rings. The molecule has 1 atom stereocenters. The Kier molecular flexibility index (Phi) is 6.26. The molecule has 0 aromatic heterocycles. The molecule has 1 N–H and O–H groups in total. The van der Waals surface area contributed by atoms with E-state index in [0.717, 1.165) is 17.0 Å². The van der Waals surface area contributed by atoms with Crippen LogP contribution in [0.25, 0.3) is 5.76 Å². The van der Waals surface area contributed by atoms with Crippen molar-refractivity contribution in [2.45, 2.75) is 6.04 Å². The van der Waals surface area contributed by atoms with E-state index >= 15 is 0 Å². The van der Waals surface area contributed by atoms with Gasteiger partial charge in [0.25, 0.3) is 11.7 Å². The number of amides is 1. The van der Waals surface area contributed by atoms with Crippen molar-refractivity contribution >= 4 is 34.7 Å². The fourth-order valence-electron chi connectivity index (χ4n) is 3.91. The lowest BCUT2D eigenvalue weighted by Crippen LogP contribution is -2.29. The first kappa shape index (κ1) is 23.3. The molecule has 1 unspecified atom stereocenters. The summed E-state index contributed by atoms with van der Waals surface area (Å²) in [6.07, 6.45) is 0. The van der Waals surface area contributed by atoms with Crippen LogP contribution in [0.4, 0.5) is 14.5 Å². The molecule has 0 spiro atoms. The highest BCUT2D eigenvalue weighted by Gasteiger charge is 2.48.